The summed E-state index contributed by atoms with van der Waals surface area (Å²) in [4.78, 5) is 21.6. The predicted molar refractivity (Wildman–Crippen MR) is 70.8 cm³/mol. The Morgan fingerprint density at radius 1 is 1.40 bits per heavy atom. The number of ether oxygens (including phenoxy) is 3. The Balaban J connectivity index is 2.94. The number of nitrogens with one attached hydrogen (secondary N) is 1. The first-order valence-corrected chi connectivity index (χ1v) is 5.53. The molecule has 1 aromatic carbocycles. The van der Waals surface area contributed by atoms with Gasteiger partial charge in [0.15, 0.2) is 18.1 Å². The summed E-state index contributed by atoms with van der Waals surface area (Å²) in [5, 5.41) is 3.62. The minimum absolute atomic E-state index is 0.277. The first-order chi connectivity index (χ1) is 9.58. The van der Waals surface area contributed by atoms with Crippen LogP contribution in [0.5, 0.6) is 11.5 Å². The molecular weight excluding hydrogens is 266 g/mol. The zero-order chi connectivity index (χ0) is 15.0. The van der Waals surface area contributed by atoms with Crippen molar-refractivity contribution in [2.75, 3.05) is 20.8 Å². The Kier molecular flexibility index (Phi) is 5.82. The Hall–Kier alpha value is -2.77. The number of nitrogens with zero attached hydrogens (tertiary/aromatic N) is 1. The molecule has 0 aliphatic rings. The molecule has 8 heteroatoms. The molecule has 8 nitrogen and oxygen atoms in total. The summed E-state index contributed by atoms with van der Waals surface area (Å²) in [5.41, 5.74) is 7.44. The SMILES string of the molecule is COC(=O)COc1c(/C=N\NC(N)=O)cccc1OC. The number of para-hydroxylation sites is 1. The summed E-state index contributed by atoms with van der Waals surface area (Å²) in [6.45, 7) is -0.277. The number of hydrogen-bond donors (Lipinski definition) is 2. The first-order valence-electron chi connectivity index (χ1n) is 5.53. The molecule has 0 unspecified atom stereocenters. The quantitative estimate of drug-likeness (QED) is 0.441. The van der Waals surface area contributed by atoms with Crippen LogP contribution in [0.25, 0.3) is 0 Å². The number of esters is 1. The number of carbonyl (C=O) groups excluding carboxylic acids is 2. The molecule has 0 aliphatic carbocycles. The highest BCUT2D eigenvalue weighted by molar-refractivity contribution is 5.86. The molecule has 0 saturated carbocycles. The number of carbonyl (C=O) groups is 2. The summed E-state index contributed by atoms with van der Waals surface area (Å²) < 4.78 is 14.9. The standard InChI is InChI=1S/C12H15N3O5/c1-18-9-5-3-4-8(6-14-15-12(13)17)11(9)20-7-10(16)19-2/h3-6H,7H2,1-2H3,(H3,13,15,17)/b14-6-. The fraction of sp³-hybridized carbons (Fsp3) is 0.250. The fourth-order valence-electron chi connectivity index (χ4n) is 1.31. The molecule has 0 radical (unpaired) electrons. The third kappa shape index (κ3) is 4.48. The van der Waals surface area contributed by atoms with Crippen molar-refractivity contribution in [2.24, 2.45) is 10.8 Å². The van der Waals surface area contributed by atoms with Gasteiger partial charge in [0.25, 0.3) is 0 Å². The van der Waals surface area contributed by atoms with Gasteiger partial charge in [-0.25, -0.2) is 15.0 Å². The van der Waals surface area contributed by atoms with Gasteiger partial charge in [0, 0.05) is 5.56 Å². The second kappa shape index (κ2) is 7.62. The number of hydrazone groups is 1. The molecule has 3 N–H and O–H groups in total. The largest absolute Gasteiger partial charge is 0.493 e. The van der Waals surface area contributed by atoms with Crippen LogP contribution in [0.2, 0.25) is 0 Å². The monoisotopic (exact) mass is 281 g/mol. The van der Waals surface area contributed by atoms with E-state index < -0.39 is 12.0 Å². The van der Waals surface area contributed by atoms with Crippen molar-refractivity contribution in [1.29, 1.82) is 0 Å². The lowest BCUT2D eigenvalue weighted by Gasteiger charge is -2.12. The number of benzene rings is 1. The second-order valence-corrected chi connectivity index (χ2v) is 3.48. The van der Waals surface area contributed by atoms with Crippen LogP contribution in [0.15, 0.2) is 23.3 Å². The predicted octanol–water partition coefficient (Wildman–Crippen LogP) is 0.249. The van der Waals surface area contributed by atoms with Crippen LogP contribution >= 0.6 is 0 Å². The van der Waals surface area contributed by atoms with E-state index in [0.717, 1.165) is 0 Å². The minimum atomic E-state index is -0.791. The second-order valence-electron chi connectivity index (χ2n) is 3.48. The molecule has 108 valence electrons. The van der Waals surface area contributed by atoms with E-state index in [2.05, 4.69) is 15.3 Å². The summed E-state index contributed by atoms with van der Waals surface area (Å²) in [6, 6.07) is 4.24. The van der Waals surface area contributed by atoms with Gasteiger partial charge in [-0.1, -0.05) is 6.07 Å². The minimum Gasteiger partial charge on any atom is -0.493 e. The normalized spacial score (nSPS) is 10.1. The maximum absolute atomic E-state index is 11.1. The molecular formula is C12H15N3O5. The van der Waals surface area contributed by atoms with Crippen molar-refractivity contribution >= 4 is 18.2 Å². The van der Waals surface area contributed by atoms with Crippen LogP contribution in [0.4, 0.5) is 4.79 Å². The Labute approximate surface area is 115 Å². The van der Waals surface area contributed by atoms with E-state index in [1.54, 1.807) is 18.2 Å². The number of rotatable bonds is 6. The highest BCUT2D eigenvalue weighted by Crippen LogP contribution is 2.29. The summed E-state index contributed by atoms with van der Waals surface area (Å²) in [6.07, 6.45) is 1.32. The molecule has 0 fully saturated rings. The molecule has 0 aromatic heterocycles. The number of urea groups is 1. The Morgan fingerprint density at radius 2 is 2.15 bits per heavy atom. The average Bonchev–Trinajstić information content (AvgIpc) is 2.44. The molecule has 0 aliphatic heterocycles. The van der Waals surface area contributed by atoms with Gasteiger partial charge >= 0.3 is 12.0 Å². The van der Waals surface area contributed by atoms with Gasteiger partial charge in [0.05, 0.1) is 20.4 Å². The smallest absolute Gasteiger partial charge is 0.343 e. The molecule has 0 heterocycles. The Bertz CT molecular complexity index is 516. The molecule has 20 heavy (non-hydrogen) atoms. The van der Waals surface area contributed by atoms with Crippen LogP contribution in [0.3, 0.4) is 0 Å². The topological polar surface area (TPSA) is 112 Å². The molecule has 2 amide bonds. The third-order valence-corrected chi connectivity index (χ3v) is 2.17. The average molecular weight is 281 g/mol. The van der Waals surface area contributed by atoms with Crippen molar-refractivity contribution in [3.8, 4) is 11.5 Å². The van der Waals surface area contributed by atoms with Gasteiger partial charge in [-0.2, -0.15) is 5.10 Å². The molecule has 1 aromatic rings. The lowest BCUT2D eigenvalue weighted by molar-refractivity contribution is -0.142. The van der Waals surface area contributed by atoms with Gasteiger partial charge < -0.3 is 19.9 Å². The maximum atomic E-state index is 11.1. The van der Waals surface area contributed by atoms with E-state index >= 15 is 0 Å². The fourth-order valence-corrected chi connectivity index (χ4v) is 1.31. The van der Waals surface area contributed by atoms with Crippen molar-refractivity contribution < 1.29 is 23.8 Å². The van der Waals surface area contributed by atoms with E-state index in [9.17, 15) is 9.59 Å². The Morgan fingerprint density at radius 3 is 2.75 bits per heavy atom. The summed E-state index contributed by atoms with van der Waals surface area (Å²) >= 11 is 0. The number of hydrogen-bond acceptors (Lipinski definition) is 6. The van der Waals surface area contributed by atoms with Crippen molar-refractivity contribution in [3.63, 3.8) is 0 Å². The highest BCUT2D eigenvalue weighted by Gasteiger charge is 2.11. The molecule has 0 bridgehead atoms. The summed E-state index contributed by atoms with van der Waals surface area (Å²) in [5.74, 6) is 0.182. The molecule has 0 atom stereocenters. The van der Waals surface area contributed by atoms with E-state index in [4.69, 9.17) is 15.2 Å². The lowest BCUT2D eigenvalue weighted by Crippen LogP contribution is -2.24. The van der Waals surface area contributed by atoms with Crippen LogP contribution in [-0.4, -0.2) is 39.0 Å². The third-order valence-electron chi connectivity index (χ3n) is 2.17. The van der Waals surface area contributed by atoms with E-state index in [0.29, 0.717) is 17.1 Å². The summed E-state index contributed by atoms with van der Waals surface area (Å²) in [7, 11) is 2.72. The van der Waals surface area contributed by atoms with Gasteiger partial charge in [0.2, 0.25) is 0 Å². The van der Waals surface area contributed by atoms with E-state index in [1.807, 2.05) is 0 Å². The van der Waals surface area contributed by atoms with Crippen LogP contribution in [0.1, 0.15) is 5.56 Å². The van der Waals surface area contributed by atoms with E-state index in [-0.39, 0.29) is 6.61 Å². The van der Waals surface area contributed by atoms with Crippen LogP contribution in [-0.2, 0) is 9.53 Å². The van der Waals surface area contributed by atoms with Crippen molar-refractivity contribution in [1.82, 2.24) is 5.43 Å². The highest BCUT2D eigenvalue weighted by atomic mass is 16.6. The number of nitrogens with two attached hydrogens (primary N) is 1. The number of amides is 2. The van der Waals surface area contributed by atoms with Crippen molar-refractivity contribution in [3.05, 3.63) is 23.8 Å². The van der Waals surface area contributed by atoms with Crippen LogP contribution in [0, 0.1) is 0 Å². The van der Waals surface area contributed by atoms with Gasteiger partial charge in [0.1, 0.15) is 0 Å². The zero-order valence-electron chi connectivity index (χ0n) is 11.1. The lowest BCUT2D eigenvalue weighted by atomic mass is 10.2. The van der Waals surface area contributed by atoms with Crippen molar-refractivity contribution in [2.45, 2.75) is 0 Å². The first kappa shape index (κ1) is 15.3. The molecule has 1 rings (SSSR count). The van der Waals surface area contributed by atoms with Gasteiger partial charge in [-0.15, -0.1) is 0 Å². The van der Waals surface area contributed by atoms with Crippen LogP contribution < -0.4 is 20.6 Å². The number of primary amides is 1. The number of methoxy groups -OCH3 is 2. The molecule has 0 saturated heterocycles. The molecule has 0 spiro atoms. The van der Waals surface area contributed by atoms with Gasteiger partial charge in [-0.3, -0.25) is 0 Å². The van der Waals surface area contributed by atoms with Gasteiger partial charge in [-0.05, 0) is 12.1 Å². The zero-order valence-corrected chi connectivity index (χ0v) is 11.1. The maximum Gasteiger partial charge on any atom is 0.343 e. The van der Waals surface area contributed by atoms with E-state index in [1.165, 1.54) is 20.4 Å².